The van der Waals surface area contributed by atoms with E-state index in [0.717, 1.165) is 30.0 Å². The normalized spacial score (nSPS) is 21.0. The van der Waals surface area contributed by atoms with Crippen molar-refractivity contribution in [3.05, 3.63) is 77.6 Å². The molecule has 9 nitrogen and oxygen atoms in total. The maximum atomic E-state index is 14.3. The Labute approximate surface area is 224 Å². The molecule has 2 aliphatic rings. The molecule has 2 aliphatic heterocycles. The van der Waals surface area contributed by atoms with E-state index in [1.165, 1.54) is 6.33 Å². The third kappa shape index (κ3) is 4.36. The van der Waals surface area contributed by atoms with E-state index in [1.54, 1.807) is 30.6 Å². The molecule has 0 radical (unpaired) electrons. The molecule has 194 valence electrons. The third-order valence-electron chi connectivity index (χ3n) is 7.62. The number of anilines is 1. The molecular formula is C28H27ClN6O3. The molecule has 0 bridgehead atoms. The van der Waals surface area contributed by atoms with Crippen LogP contribution >= 0.6 is 11.6 Å². The van der Waals surface area contributed by atoms with Crippen LogP contribution in [-0.2, 0) is 15.0 Å². The second kappa shape index (κ2) is 10.1. The number of likely N-dealkylation sites (tertiary alicyclic amines) is 1. The highest BCUT2D eigenvalue weighted by atomic mass is 35.5. The Bertz CT molecular complexity index is 1490. The Balaban J connectivity index is 1.39. The molecule has 2 atom stereocenters. The molecule has 4 heterocycles. The Morgan fingerprint density at radius 3 is 2.95 bits per heavy atom. The lowest BCUT2D eigenvalue weighted by atomic mass is 9.72. The van der Waals surface area contributed by atoms with Gasteiger partial charge in [0.05, 0.1) is 29.9 Å². The summed E-state index contributed by atoms with van der Waals surface area (Å²) in [5, 5.41) is 12.3. The molecule has 6 rings (SSSR count). The number of carbonyl (C=O) groups excluding carboxylic acids is 2. The van der Waals surface area contributed by atoms with Gasteiger partial charge in [-0.1, -0.05) is 35.9 Å². The summed E-state index contributed by atoms with van der Waals surface area (Å²) < 4.78 is 5.91. The zero-order valence-electron chi connectivity index (χ0n) is 20.7. The van der Waals surface area contributed by atoms with E-state index in [0.29, 0.717) is 47.4 Å². The molecule has 2 aromatic carbocycles. The molecule has 0 saturated carbocycles. The van der Waals surface area contributed by atoms with Gasteiger partial charge in [0.2, 0.25) is 11.8 Å². The number of halogens is 1. The van der Waals surface area contributed by atoms with Crippen molar-refractivity contribution in [3.8, 4) is 5.75 Å². The number of carbonyl (C=O) groups is 2. The summed E-state index contributed by atoms with van der Waals surface area (Å²) in [4.78, 5) is 38.8. The number of pyridine rings is 1. The van der Waals surface area contributed by atoms with Crippen LogP contribution in [0, 0.1) is 0 Å². The lowest BCUT2D eigenvalue weighted by Crippen LogP contribution is -2.49. The average Bonchev–Trinajstić information content (AvgIpc) is 3.48. The quantitative estimate of drug-likeness (QED) is 0.383. The molecule has 1 saturated heterocycles. The number of ether oxygens (including phenoxy) is 1. The van der Waals surface area contributed by atoms with Crippen molar-refractivity contribution in [3.63, 3.8) is 0 Å². The highest BCUT2D eigenvalue weighted by Crippen LogP contribution is 2.45. The monoisotopic (exact) mass is 530 g/mol. The lowest BCUT2D eigenvalue weighted by molar-refractivity contribution is -0.140. The molecular weight excluding hydrogens is 504 g/mol. The topological polar surface area (TPSA) is 113 Å². The van der Waals surface area contributed by atoms with Gasteiger partial charge in [-0.25, -0.2) is 4.98 Å². The standard InChI is InChI=1S/C28H27ClN6O3/c29-19-8-9-24-21(13-19)28(10-12-38-24,27(37)33-22-16-30-15-18-5-1-2-6-20(18)22)14-25(36)35-11-4-3-7-23(35)26-31-17-32-34-26/h1-2,5-6,8-9,13,15-17,23H,3-4,7,10-12,14H2,(H,33,37)(H,31,32,34)/t23-,28-/m1/s1. The number of aromatic nitrogens is 4. The fourth-order valence-corrected chi connectivity index (χ4v) is 5.85. The van der Waals surface area contributed by atoms with E-state index >= 15 is 0 Å². The first-order chi connectivity index (χ1) is 18.5. The second-order valence-corrected chi connectivity index (χ2v) is 10.3. The fraction of sp³-hybridized carbons (Fsp3) is 0.321. The van der Waals surface area contributed by atoms with Gasteiger partial charge in [0, 0.05) is 46.9 Å². The van der Waals surface area contributed by atoms with Crippen molar-refractivity contribution < 1.29 is 14.3 Å². The van der Waals surface area contributed by atoms with E-state index in [4.69, 9.17) is 16.3 Å². The van der Waals surface area contributed by atoms with Crippen LogP contribution in [0.3, 0.4) is 0 Å². The number of hydrogen-bond acceptors (Lipinski definition) is 6. The van der Waals surface area contributed by atoms with Gasteiger partial charge in [-0.15, -0.1) is 0 Å². The number of aromatic amines is 1. The van der Waals surface area contributed by atoms with E-state index in [1.807, 2.05) is 29.2 Å². The zero-order chi connectivity index (χ0) is 26.1. The smallest absolute Gasteiger partial charge is 0.235 e. The van der Waals surface area contributed by atoms with Crippen LogP contribution in [0.2, 0.25) is 5.02 Å². The summed E-state index contributed by atoms with van der Waals surface area (Å²) in [6, 6.07) is 12.8. The Kier molecular flexibility index (Phi) is 6.45. The molecule has 4 aromatic rings. The molecule has 38 heavy (non-hydrogen) atoms. The van der Waals surface area contributed by atoms with Gasteiger partial charge in [-0.05, 0) is 37.5 Å². The molecule has 1 fully saturated rings. The predicted octanol–water partition coefficient (Wildman–Crippen LogP) is 4.81. The number of nitrogens with one attached hydrogen (secondary N) is 2. The lowest BCUT2D eigenvalue weighted by Gasteiger charge is -2.40. The highest BCUT2D eigenvalue weighted by molar-refractivity contribution is 6.30. The van der Waals surface area contributed by atoms with Crippen LogP contribution < -0.4 is 10.1 Å². The highest BCUT2D eigenvalue weighted by Gasteiger charge is 2.48. The minimum Gasteiger partial charge on any atom is -0.493 e. The first-order valence-corrected chi connectivity index (χ1v) is 13.1. The number of benzene rings is 2. The van der Waals surface area contributed by atoms with Crippen molar-refractivity contribution in [1.82, 2.24) is 25.1 Å². The number of nitrogens with zero attached hydrogens (tertiary/aromatic N) is 4. The summed E-state index contributed by atoms with van der Waals surface area (Å²) in [5.41, 5.74) is 0.0201. The molecule has 0 unspecified atom stereocenters. The molecule has 2 aromatic heterocycles. The summed E-state index contributed by atoms with van der Waals surface area (Å²) in [5.74, 6) is 0.813. The summed E-state index contributed by atoms with van der Waals surface area (Å²) in [7, 11) is 0. The van der Waals surface area contributed by atoms with Gasteiger partial charge in [0.1, 0.15) is 17.9 Å². The van der Waals surface area contributed by atoms with Gasteiger partial charge < -0.3 is 15.0 Å². The largest absolute Gasteiger partial charge is 0.493 e. The van der Waals surface area contributed by atoms with Crippen LogP contribution in [0.5, 0.6) is 5.75 Å². The van der Waals surface area contributed by atoms with Crippen molar-refractivity contribution in [2.75, 3.05) is 18.5 Å². The summed E-state index contributed by atoms with van der Waals surface area (Å²) in [6.45, 7) is 0.892. The first-order valence-electron chi connectivity index (χ1n) is 12.8. The van der Waals surface area contributed by atoms with E-state index < -0.39 is 5.41 Å². The fourth-order valence-electron chi connectivity index (χ4n) is 5.68. The summed E-state index contributed by atoms with van der Waals surface area (Å²) >= 11 is 6.41. The molecule has 2 amide bonds. The third-order valence-corrected chi connectivity index (χ3v) is 7.86. The van der Waals surface area contributed by atoms with Crippen LogP contribution in [0.4, 0.5) is 5.69 Å². The molecule has 10 heteroatoms. The maximum Gasteiger partial charge on any atom is 0.235 e. The number of H-pyrrole nitrogens is 1. The number of piperidine rings is 1. The SMILES string of the molecule is O=C(C[C@]1(C(=O)Nc2cncc3ccccc23)CCOc2ccc(Cl)cc21)N1CCCC[C@@H]1c1ncn[nH]1. The number of hydrogen-bond donors (Lipinski definition) is 2. The molecule has 0 aliphatic carbocycles. The maximum absolute atomic E-state index is 14.3. The van der Waals surface area contributed by atoms with Crippen molar-refractivity contribution in [1.29, 1.82) is 0 Å². The average molecular weight is 531 g/mol. The van der Waals surface area contributed by atoms with Gasteiger partial charge in [-0.2, -0.15) is 5.10 Å². The van der Waals surface area contributed by atoms with Crippen molar-refractivity contribution in [2.45, 2.75) is 43.6 Å². The van der Waals surface area contributed by atoms with E-state index in [-0.39, 0.29) is 24.3 Å². The molecule has 2 N–H and O–H groups in total. The van der Waals surface area contributed by atoms with Crippen LogP contribution in [0.1, 0.15) is 49.5 Å². The minimum atomic E-state index is -1.18. The Morgan fingerprint density at radius 1 is 1.18 bits per heavy atom. The van der Waals surface area contributed by atoms with Crippen molar-refractivity contribution >= 4 is 39.9 Å². The van der Waals surface area contributed by atoms with E-state index in [9.17, 15) is 9.59 Å². The zero-order valence-corrected chi connectivity index (χ0v) is 21.4. The Hall–Kier alpha value is -3.98. The van der Waals surface area contributed by atoms with Crippen LogP contribution in [0.25, 0.3) is 10.8 Å². The predicted molar refractivity (Wildman–Crippen MR) is 143 cm³/mol. The van der Waals surface area contributed by atoms with Crippen LogP contribution in [0.15, 0.2) is 61.2 Å². The number of rotatable bonds is 5. The second-order valence-electron chi connectivity index (χ2n) is 9.83. The van der Waals surface area contributed by atoms with Gasteiger partial charge >= 0.3 is 0 Å². The Morgan fingerprint density at radius 2 is 2.08 bits per heavy atom. The molecule has 0 spiro atoms. The van der Waals surface area contributed by atoms with Crippen molar-refractivity contribution in [2.24, 2.45) is 0 Å². The first kappa shape index (κ1) is 24.4. The van der Waals surface area contributed by atoms with E-state index in [2.05, 4.69) is 25.5 Å². The summed E-state index contributed by atoms with van der Waals surface area (Å²) in [6.07, 6.45) is 7.81. The van der Waals surface area contributed by atoms with Gasteiger partial charge in [-0.3, -0.25) is 19.7 Å². The van der Waals surface area contributed by atoms with Crippen LogP contribution in [-0.4, -0.2) is 50.0 Å². The number of fused-ring (bicyclic) bond motifs is 2. The van der Waals surface area contributed by atoms with Gasteiger partial charge in [0.25, 0.3) is 0 Å². The number of amides is 2. The van der Waals surface area contributed by atoms with Gasteiger partial charge in [0.15, 0.2) is 0 Å². The minimum absolute atomic E-state index is 0.0294.